The van der Waals surface area contributed by atoms with Crippen LogP contribution in [0.4, 0.5) is 5.69 Å². The summed E-state index contributed by atoms with van der Waals surface area (Å²) in [4.78, 5) is 0. The Hall–Kier alpha value is -1.96. The molecule has 0 aliphatic carbocycles. The lowest BCUT2D eigenvalue weighted by Crippen LogP contribution is -2.15. The smallest absolute Gasteiger partial charge is 0.182 e. The van der Waals surface area contributed by atoms with Gasteiger partial charge in [0.1, 0.15) is 5.75 Å². The fourth-order valence-electron chi connectivity index (χ4n) is 2.07. The highest BCUT2D eigenvalue weighted by molar-refractivity contribution is 7.84. The summed E-state index contributed by atoms with van der Waals surface area (Å²) in [5, 5.41) is 11.7. The second-order valence-corrected chi connectivity index (χ2v) is 6.20. The van der Waals surface area contributed by atoms with E-state index in [0.717, 1.165) is 5.56 Å². The maximum Gasteiger partial charge on any atom is 0.182 e. The van der Waals surface area contributed by atoms with Crippen LogP contribution in [0.3, 0.4) is 0 Å². The Kier molecular flexibility index (Phi) is 4.89. The number of nitrogen functional groups attached to an aromatic ring is 1. The van der Waals surface area contributed by atoms with E-state index in [1.807, 2.05) is 19.9 Å². The quantitative estimate of drug-likeness (QED) is 0.807. The number of benzene rings is 1. The van der Waals surface area contributed by atoms with Crippen LogP contribution in [-0.4, -0.2) is 43.0 Å². The molecule has 2 unspecified atom stereocenters. The summed E-state index contributed by atoms with van der Waals surface area (Å²) >= 11 is 0. The van der Waals surface area contributed by atoms with E-state index in [-0.39, 0.29) is 6.04 Å². The van der Waals surface area contributed by atoms with E-state index in [1.54, 1.807) is 23.1 Å². The summed E-state index contributed by atoms with van der Waals surface area (Å²) in [6.07, 6.45) is 1.66. The van der Waals surface area contributed by atoms with Crippen molar-refractivity contribution < 1.29 is 8.95 Å². The normalized spacial score (nSPS) is 13.9. The number of nitrogens with two attached hydrogens (primary N) is 1. The van der Waals surface area contributed by atoms with Crippen LogP contribution in [0.1, 0.15) is 19.9 Å². The topological polar surface area (TPSA) is 95.9 Å². The molecule has 0 fully saturated rings. The van der Waals surface area contributed by atoms with E-state index in [4.69, 9.17) is 10.5 Å². The Balaban J connectivity index is 2.33. The number of hydrogen-bond acceptors (Lipinski definition) is 6. The largest absolute Gasteiger partial charge is 0.492 e. The van der Waals surface area contributed by atoms with E-state index < -0.39 is 10.8 Å². The Morgan fingerprint density at radius 2 is 2.24 bits per heavy atom. The molecule has 0 saturated carbocycles. The highest BCUT2D eigenvalue weighted by atomic mass is 32.2. The number of tetrazole rings is 1. The number of anilines is 1. The zero-order chi connectivity index (χ0) is 15.4. The number of hydrogen-bond donors (Lipinski definition) is 1. The van der Waals surface area contributed by atoms with Crippen LogP contribution in [0.15, 0.2) is 18.2 Å². The zero-order valence-corrected chi connectivity index (χ0v) is 13.1. The third-order valence-corrected chi connectivity index (χ3v) is 3.91. The molecule has 0 amide bonds. The third-order valence-electron chi connectivity index (χ3n) is 2.95. The van der Waals surface area contributed by atoms with Gasteiger partial charge in [-0.2, -0.15) is 0 Å². The SMILES string of the molecule is CCOc1ccc(-c2nnnn2C(C)CS(C)=O)cc1N. The van der Waals surface area contributed by atoms with E-state index in [9.17, 15) is 4.21 Å². The van der Waals surface area contributed by atoms with Crippen LogP contribution in [-0.2, 0) is 10.8 Å². The number of nitrogens with zero attached hydrogens (tertiary/aromatic N) is 4. The average molecular weight is 309 g/mol. The van der Waals surface area contributed by atoms with E-state index >= 15 is 0 Å². The summed E-state index contributed by atoms with van der Waals surface area (Å²) < 4.78 is 18.4. The summed E-state index contributed by atoms with van der Waals surface area (Å²) in [5.41, 5.74) is 7.31. The van der Waals surface area contributed by atoms with Gasteiger partial charge in [0.2, 0.25) is 0 Å². The molecule has 7 nitrogen and oxygen atoms in total. The van der Waals surface area contributed by atoms with Gasteiger partial charge in [0.05, 0.1) is 18.3 Å². The fraction of sp³-hybridized carbons (Fsp3) is 0.462. The van der Waals surface area contributed by atoms with Gasteiger partial charge in [0.15, 0.2) is 5.82 Å². The third kappa shape index (κ3) is 3.57. The minimum absolute atomic E-state index is 0.0615. The lowest BCUT2D eigenvalue weighted by Gasteiger charge is -2.13. The number of aromatic nitrogens is 4. The van der Waals surface area contributed by atoms with Crippen molar-refractivity contribution in [3.05, 3.63) is 18.2 Å². The Morgan fingerprint density at radius 3 is 2.86 bits per heavy atom. The molecule has 0 spiro atoms. The van der Waals surface area contributed by atoms with Crippen molar-refractivity contribution >= 4 is 16.5 Å². The molecule has 1 heterocycles. The van der Waals surface area contributed by atoms with Crippen molar-refractivity contribution in [3.63, 3.8) is 0 Å². The van der Waals surface area contributed by atoms with Crippen molar-refractivity contribution in [2.45, 2.75) is 19.9 Å². The van der Waals surface area contributed by atoms with Crippen LogP contribution in [0.5, 0.6) is 5.75 Å². The number of ether oxygens (including phenoxy) is 1. The molecule has 8 heteroatoms. The second-order valence-electron chi connectivity index (χ2n) is 4.72. The van der Waals surface area contributed by atoms with Gasteiger partial charge in [-0.15, -0.1) is 5.10 Å². The van der Waals surface area contributed by atoms with Gasteiger partial charge in [-0.25, -0.2) is 4.68 Å². The Bertz CT molecular complexity index is 643. The maximum absolute atomic E-state index is 11.4. The highest BCUT2D eigenvalue weighted by Crippen LogP contribution is 2.28. The molecule has 0 aliphatic heterocycles. The van der Waals surface area contributed by atoms with E-state index in [1.165, 1.54) is 0 Å². The summed E-state index contributed by atoms with van der Waals surface area (Å²) in [7, 11) is -0.917. The van der Waals surface area contributed by atoms with Crippen molar-refractivity contribution in [2.75, 3.05) is 24.3 Å². The molecule has 2 aromatic rings. The van der Waals surface area contributed by atoms with Crippen molar-refractivity contribution in [1.29, 1.82) is 0 Å². The summed E-state index contributed by atoms with van der Waals surface area (Å²) in [6.45, 7) is 4.39. The predicted molar refractivity (Wildman–Crippen MR) is 82.5 cm³/mol. The first-order valence-corrected chi connectivity index (χ1v) is 8.36. The van der Waals surface area contributed by atoms with Gasteiger partial charge < -0.3 is 10.5 Å². The van der Waals surface area contributed by atoms with Crippen LogP contribution in [0.2, 0.25) is 0 Å². The van der Waals surface area contributed by atoms with Gasteiger partial charge in [-0.05, 0) is 42.5 Å². The molecule has 0 saturated heterocycles. The fourth-order valence-corrected chi connectivity index (χ4v) is 2.89. The molecule has 0 radical (unpaired) electrons. The molecular formula is C13H19N5O2S. The standard InChI is InChI=1S/C13H19N5O2S/c1-4-20-12-6-5-10(7-11(12)14)13-15-16-17-18(13)9(2)8-21(3)19/h5-7,9H,4,8,14H2,1-3H3. The van der Waals surface area contributed by atoms with Crippen molar-refractivity contribution in [3.8, 4) is 17.1 Å². The van der Waals surface area contributed by atoms with Gasteiger partial charge in [-0.3, -0.25) is 4.21 Å². The molecule has 2 atom stereocenters. The summed E-state index contributed by atoms with van der Waals surface area (Å²) in [6, 6.07) is 5.38. The average Bonchev–Trinajstić information content (AvgIpc) is 2.90. The maximum atomic E-state index is 11.4. The van der Waals surface area contributed by atoms with Gasteiger partial charge >= 0.3 is 0 Å². The van der Waals surface area contributed by atoms with Crippen LogP contribution < -0.4 is 10.5 Å². The summed E-state index contributed by atoms with van der Waals surface area (Å²) in [5.74, 6) is 1.73. The Labute approximate surface area is 125 Å². The van der Waals surface area contributed by atoms with Gasteiger partial charge in [0.25, 0.3) is 0 Å². The number of rotatable bonds is 6. The van der Waals surface area contributed by atoms with Gasteiger partial charge in [-0.1, -0.05) is 0 Å². The molecule has 0 bridgehead atoms. The monoisotopic (exact) mass is 309 g/mol. The molecule has 2 rings (SSSR count). The minimum Gasteiger partial charge on any atom is -0.492 e. The van der Waals surface area contributed by atoms with Crippen LogP contribution >= 0.6 is 0 Å². The molecular weight excluding hydrogens is 290 g/mol. The lowest BCUT2D eigenvalue weighted by atomic mass is 10.1. The van der Waals surface area contributed by atoms with E-state index in [2.05, 4.69) is 15.5 Å². The first kappa shape index (κ1) is 15.4. The van der Waals surface area contributed by atoms with E-state index in [0.29, 0.717) is 29.6 Å². The van der Waals surface area contributed by atoms with Crippen molar-refractivity contribution in [1.82, 2.24) is 20.2 Å². The Morgan fingerprint density at radius 1 is 1.48 bits per heavy atom. The minimum atomic E-state index is -0.917. The van der Waals surface area contributed by atoms with Crippen LogP contribution in [0, 0.1) is 0 Å². The molecule has 21 heavy (non-hydrogen) atoms. The highest BCUT2D eigenvalue weighted by Gasteiger charge is 2.16. The second kappa shape index (κ2) is 6.66. The molecule has 0 aliphatic rings. The zero-order valence-electron chi connectivity index (χ0n) is 12.3. The molecule has 2 N–H and O–H groups in total. The predicted octanol–water partition coefficient (Wildman–Crippen LogP) is 1.26. The molecule has 114 valence electrons. The molecule has 1 aromatic heterocycles. The van der Waals surface area contributed by atoms with Gasteiger partial charge in [0, 0.05) is 28.4 Å². The first-order valence-electron chi connectivity index (χ1n) is 6.63. The first-order chi connectivity index (χ1) is 10.0. The lowest BCUT2D eigenvalue weighted by molar-refractivity contribution is 0.342. The van der Waals surface area contributed by atoms with Crippen molar-refractivity contribution in [2.24, 2.45) is 0 Å². The molecule has 1 aromatic carbocycles. The van der Waals surface area contributed by atoms with Crippen LogP contribution in [0.25, 0.3) is 11.4 Å².